The van der Waals surface area contributed by atoms with Gasteiger partial charge in [-0.25, -0.2) is 9.36 Å². The van der Waals surface area contributed by atoms with Crippen LogP contribution in [0.4, 0.5) is 0 Å². The van der Waals surface area contributed by atoms with Crippen LogP contribution in [0.25, 0.3) is 11.4 Å². The molecule has 7 heteroatoms. The lowest BCUT2D eigenvalue weighted by Crippen LogP contribution is -2.05. The highest BCUT2D eigenvalue weighted by Crippen LogP contribution is 2.24. The Balaban J connectivity index is 1.65. The Morgan fingerprint density at radius 1 is 0.806 bits per heavy atom. The molecule has 0 unspecified atom stereocenters. The van der Waals surface area contributed by atoms with Crippen molar-refractivity contribution in [2.75, 3.05) is 7.11 Å². The van der Waals surface area contributed by atoms with Crippen molar-refractivity contribution in [3.8, 4) is 17.1 Å². The van der Waals surface area contributed by atoms with Crippen LogP contribution in [0.2, 0.25) is 0 Å². The summed E-state index contributed by atoms with van der Waals surface area (Å²) in [5.74, 6) is 0.706. The Morgan fingerprint density at radius 3 is 2.19 bits per heavy atom. The van der Waals surface area contributed by atoms with Gasteiger partial charge in [-0.1, -0.05) is 12.1 Å². The molecule has 4 rings (SSSR count). The first-order chi connectivity index (χ1) is 15.0. The van der Waals surface area contributed by atoms with E-state index >= 15 is 0 Å². The van der Waals surface area contributed by atoms with E-state index in [0.717, 1.165) is 45.0 Å². The molecule has 0 radical (unpaired) electrons. The molecule has 7 nitrogen and oxygen atoms in total. The van der Waals surface area contributed by atoms with Crippen LogP contribution in [0.3, 0.4) is 0 Å². The monoisotopic (exact) mass is 418 g/mol. The van der Waals surface area contributed by atoms with Gasteiger partial charge in [0.25, 0.3) is 0 Å². The van der Waals surface area contributed by atoms with Crippen molar-refractivity contribution in [2.45, 2.75) is 33.5 Å². The van der Waals surface area contributed by atoms with Crippen LogP contribution < -0.4 is 4.74 Å². The molecular weight excluding hydrogens is 392 g/mol. The fourth-order valence-corrected chi connectivity index (χ4v) is 3.67. The highest BCUT2D eigenvalue weighted by Gasteiger charge is 2.13. The fourth-order valence-electron chi connectivity index (χ4n) is 3.67. The zero-order valence-electron chi connectivity index (χ0n) is 17.9. The second-order valence-corrected chi connectivity index (χ2v) is 7.55. The molecule has 0 fully saturated rings. The predicted molar refractivity (Wildman–Crippen MR) is 118 cm³/mol. The summed E-state index contributed by atoms with van der Waals surface area (Å²) in [7, 11) is 1.61. The Labute approximate surface area is 181 Å². The number of benzene rings is 2. The number of ether oxygens (including phenoxy) is 1. The molecule has 31 heavy (non-hydrogen) atoms. The summed E-state index contributed by atoms with van der Waals surface area (Å²) in [6.45, 7) is 3.85. The lowest BCUT2D eigenvalue weighted by atomic mass is 9.99. The summed E-state index contributed by atoms with van der Waals surface area (Å²) in [5, 5.41) is 28.8. The molecule has 160 valence electrons. The van der Waals surface area contributed by atoms with Crippen LogP contribution in [0.1, 0.15) is 33.6 Å². The van der Waals surface area contributed by atoms with Gasteiger partial charge in [-0.15, -0.1) is 0 Å². The van der Waals surface area contributed by atoms with E-state index in [4.69, 9.17) is 9.84 Å². The van der Waals surface area contributed by atoms with Crippen molar-refractivity contribution < 1.29 is 14.9 Å². The number of aromatic nitrogens is 4. The zero-order valence-corrected chi connectivity index (χ0v) is 17.9. The van der Waals surface area contributed by atoms with Crippen LogP contribution in [-0.2, 0) is 19.6 Å². The molecule has 0 aliphatic rings. The SMILES string of the molecule is COc1ccc(CO)c(-n2ccc(Cc3cc(CO)c(-n4ccc(C)n4)cc3C)n2)c1. The van der Waals surface area contributed by atoms with Gasteiger partial charge in [0.1, 0.15) is 5.75 Å². The zero-order chi connectivity index (χ0) is 22.0. The van der Waals surface area contributed by atoms with E-state index in [1.165, 1.54) is 0 Å². The minimum Gasteiger partial charge on any atom is -0.497 e. The lowest BCUT2D eigenvalue weighted by Gasteiger charge is -2.13. The Bertz CT molecular complexity index is 1210. The molecule has 2 N–H and O–H groups in total. The maximum absolute atomic E-state index is 9.93. The van der Waals surface area contributed by atoms with Gasteiger partial charge >= 0.3 is 0 Å². The molecule has 4 aromatic rings. The first-order valence-electron chi connectivity index (χ1n) is 10.1. The molecule has 0 amide bonds. The second kappa shape index (κ2) is 8.75. The summed E-state index contributed by atoms with van der Waals surface area (Å²) < 4.78 is 8.87. The van der Waals surface area contributed by atoms with Crippen LogP contribution in [-0.4, -0.2) is 36.9 Å². The van der Waals surface area contributed by atoms with Crippen molar-refractivity contribution in [1.82, 2.24) is 19.6 Å². The standard InChI is InChI=1S/C24H26N4O3/c1-16-10-23(27-8-6-17(2)25-27)20(15-30)11-19(16)12-21-7-9-28(26-21)24-13-22(31-3)5-4-18(24)14-29/h4-11,13,29-30H,12,14-15H2,1-3H3. The lowest BCUT2D eigenvalue weighted by molar-refractivity contribution is 0.281. The molecule has 0 bridgehead atoms. The van der Waals surface area contributed by atoms with Gasteiger partial charge < -0.3 is 14.9 Å². The van der Waals surface area contributed by atoms with Crippen LogP contribution in [0.5, 0.6) is 5.75 Å². The average molecular weight is 418 g/mol. The third-order valence-corrected chi connectivity index (χ3v) is 5.40. The van der Waals surface area contributed by atoms with Crippen LogP contribution >= 0.6 is 0 Å². The molecule has 2 heterocycles. The van der Waals surface area contributed by atoms with E-state index < -0.39 is 0 Å². The molecule has 0 saturated heterocycles. The van der Waals surface area contributed by atoms with Gasteiger partial charge in [0.2, 0.25) is 0 Å². The van der Waals surface area contributed by atoms with Gasteiger partial charge in [-0.2, -0.15) is 10.2 Å². The van der Waals surface area contributed by atoms with Crippen molar-refractivity contribution >= 4 is 0 Å². The summed E-state index contributed by atoms with van der Waals surface area (Å²) in [4.78, 5) is 0. The Kier molecular flexibility index (Phi) is 5.88. The first kappa shape index (κ1) is 20.8. The summed E-state index contributed by atoms with van der Waals surface area (Å²) in [5.41, 5.74) is 7.27. The molecule has 0 spiro atoms. The van der Waals surface area contributed by atoms with Gasteiger partial charge in [-0.3, -0.25) is 0 Å². The maximum Gasteiger partial charge on any atom is 0.121 e. The topological polar surface area (TPSA) is 85.3 Å². The van der Waals surface area contributed by atoms with Crippen molar-refractivity contribution in [3.05, 3.63) is 88.5 Å². The third-order valence-electron chi connectivity index (χ3n) is 5.40. The molecule has 0 aliphatic carbocycles. The van der Waals surface area contributed by atoms with Gasteiger partial charge in [-0.05, 0) is 49.2 Å². The van der Waals surface area contributed by atoms with Gasteiger partial charge in [0.05, 0.1) is 43.1 Å². The van der Waals surface area contributed by atoms with E-state index in [9.17, 15) is 10.2 Å². The highest BCUT2D eigenvalue weighted by molar-refractivity contribution is 5.49. The second-order valence-electron chi connectivity index (χ2n) is 7.55. The smallest absolute Gasteiger partial charge is 0.121 e. The van der Waals surface area contributed by atoms with E-state index in [1.807, 2.05) is 55.7 Å². The number of aryl methyl sites for hydroxylation is 2. The maximum atomic E-state index is 9.93. The van der Waals surface area contributed by atoms with Crippen LogP contribution in [0, 0.1) is 13.8 Å². The number of aliphatic hydroxyl groups excluding tert-OH is 2. The Hall–Kier alpha value is -3.42. The molecular formula is C24H26N4O3. The molecule has 0 atom stereocenters. The van der Waals surface area contributed by atoms with E-state index in [-0.39, 0.29) is 13.2 Å². The van der Waals surface area contributed by atoms with Crippen molar-refractivity contribution in [1.29, 1.82) is 0 Å². The summed E-state index contributed by atoms with van der Waals surface area (Å²) in [6.07, 6.45) is 4.41. The predicted octanol–water partition coefficient (Wildman–Crippen LogP) is 3.26. The summed E-state index contributed by atoms with van der Waals surface area (Å²) in [6, 6.07) is 13.5. The van der Waals surface area contributed by atoms with Crippen molar-refractivity contribution in [2.24, 2.45) is 0 Å². The fraction of sp³-hybridized carbons (Fsp3) is 0.250. The van der Waals surface area contributed by atoms with Crippen molar-refractivity contribution in [3.63, 3.8) is 0 Å². The normalized spacial score (nSPS) is 11.1. The van der Waals surface area contributed by atoms with E-state index in [1.54, 1.807) is 16.5 Å². The molecule has 2 aromatic heterocycles. The van der Waals surface area contributed by atoms with Gasteiger partial charge in [0.15, 0.2) is 0 Å². The van der Waals surface area contributed by atoms with Crippen LogP contribution in [0.15, 0.2) is 54.9 Å². The quantitative estimate of drug-likeness (QED) is 0.481. The molecule has 0 aliphatic heterocycles. The Morgan fingerprint density at radius 2 is 1.52 bits per heavy atom. The number of hydrogen-bond donors (Lipinski definition) is 2. The number of hydrogen-bond acceptors (Lipinski definition) is 5. The van der Waals surface area contributed by atoms with E-state index in [0.29, 0.717) is 12.2 Å². The largest absolute Gasteiger partial charge is 0.497 e. The number of rotatable bonds is 7. The third kappa shape index (κ3) is 4.23. The van der Waals surface area contributed by atoms with Gasteiger partial charge in [0, 0.05) is 36.0 Å². The molecule has 0 saturated carbocycles. The highest BCUT2D eigenvalue weighted by atomic mass is 16.5. The number of aliphatic hydroxyl groups is 2. The first-order valence-corrected chi connectivity index (χ1v) is 10.1. The molecule has 2 aromatic carbocycles. The van der Waals surface area contributed by atoms with E-state index in [2.05, 4.69) is 18.1 Å². The number of nitrogens with zero attached hydrogens (tertiary/aromatic N) is 4. The average Bonchev–Trinajstić information content (AvgIpc) is 3.43. The minimum absolute atomic E-state index is 0.0698. The number of methoxy groups -OCH3 is 1. The summed E-state index contributed by atoms with van der Waals surface area (Å²) >= 11 is 0. The minimum atomic E-state index is -0.0815.